The van der Waals surface area contributed by atoms with Gasteiger partial charge >= 0.3 is 0 Å². The van der Waals surface area contributed by atoms with Crippen LogP contribution in [0.2, 0.25) is 0 Å². The fourth-order valence-corrected chi connectivity index (χ4v) is 4.67. The van der Waals surface area contributed by atoms with Crippen molar-refractivity contribution in [1.82, 2.24) is 19.4 Å². The molecule has 7 nitrogen and oxygen atoms in total. The number of piperidine rings is 1. The highest BCUT2D eigenvalue weighted by Gasteiger charge is 2.30. The van der Waals surface area contributed by atoms with Crippen LogP contribution in [0, 0.1) is 0 Å². The van der Waals surface area contributed by atoms with Crippen molar-refractivity contribution in [3.8, 4) is 11.3 Å². The Balaban J connectivity index is 1.78. The van der Waals surface area contributed by atoms with Crippen molar-refractivity contribution >= 4 is 15.9 Å². The van der Waals surface area contributed by atoms with E-state index in [9.17, 15) is 13.2 Å². The van der Waals surface area contributed by atoms with E-state index in [-0.39, 0.29) is 23.4 Å². The standard InChI is InChI=1S/C18H22N4O3S/c1-3-18(23)20-15-5-4-12-22(13-15)26(24,25)16-8-6-14(7-9-16)17-10-11-19-21(17)2/h3,6-11,15H,1,4-5,12-13H2,2H3,(H,20,23)/t15-/m0/s1. The summed E-state index contributed by atoms with van der Waals surface area (Å²) in [4.78, 5) is 11.7. The molecule has 1 fully saturated rings. The van der Waals surface area contributed by atoms with Crippen LogP contribution in [-0.2, 0) is 21.9 Å². The van der Waals surface area contributed by atoms with Gasteiger partial charge in [0.15, 0.2) is 0 Å². The fraction of sp³-hybridized carbons (Fsp3) is 0.333. The van der Waals surface area contributed by atoms with E-state index >= 15 is 0 Å². The van der Waals surface area contributed by atoms with Gasteiger partial charge in [0, 0.05) is 32.4 Å². The van der Waals surface area contributed by atoms with Gasteiger partial charge in [-0.2, -0.15) is 9.40 Å². The monoisotopic (exact) mass is 374 g/mol. The van der Waals surface area contributed by atoms with Crippen LogP contribution in [0.5, 0.6) is 0 Å². The normalized spacial score (nSPS) is 18.4. The van der Waals surface area contributed by atoms with Crippen LogP contribution in [0.4, 0.5) is 0 Å². The average Bonchev–Trinajstić information content (AvgIpc) is 3.08. The summed E-state index contributed by atoms with van der Waals surface area (Å²) in [6.45, 7) is 4.15. The quantitative estimate of drug-likeness (QED) is 0.805. The molecule has 1 atom stereocenters. The zero-order valence-electron chi connectivity index (χ0n) is 14.6. The van der Waals surface area contributed by atoms with Gasteiger partial charge in [0.2, 0.25) is 15.9 Å². The molecular formula is C18H22N4O3S. The molecule has 3 rings (SSSR count). The van der Waals surface area contributed by atoms with Gasteiger partial charge in [-0.3, -0.25) is 9.48 Å². The SMILES string of the molecule is C=CC(=O)N[C@H]1CCCN(S(=O)(=O)c2ccc(-c3ccnn3C)cc2)C1. The number of amides is 1. The molecule has 0 aliphatic carbocycles. The lowest BCUT2D eigenvalue weighted by atomic mass is 10.1. The fourth-order valence-electron chi connectivity index (χ4n) is 3.14. The van der Waals surface area contributed by atoms with Crippen molar-refractivity contribution < 1.29 is 13.2 Å². The summed E-state index contributed by atoms with van der Waals surface area (Å²) in [5.74, 6) is -0.283. The van der Waals surface area contributed by atoms with E-state index in [0.29, 0.717) is 13.0 Å². The Morgan fingerprint density at radius 1 is 1.31 bits per heavy atom. The second kappa shape index (κ2) is 7.43. The molecule has 0 radical (unpaired) electrons. The summed E-state index contributed by atoms with van der Waals surface area (Å²) in [6.07, 6.45) is 4.36. The number of aryl methyl sites for hydroxylation is 1. The van der Waals surface area contributed by atoms with Crippen molar-refractivity contribution in [2.24, 2.45) is 7.05 Å². The zero-order chi connectivity index (χ0) is 18.7. The number of nitrogens with zero attached hydrogens (tertiary/aromatic N) is 3. The number of carbonyl (C=O) groups excluding carboxylic acids is 1. The Hall–Kier alpha value is -2.45. The molecule has 138 valence electrons. The lowest BCUT2D eigenvalue weighted by Gasteiger charge is -2.32. The van der Waals surface area contributed by atoms with Gasteiger partial charge in [-0.05, 0) is 42.7 Å². The maximum absolute atomic E-state index is 12.9. The third-order valence-electron chi connectivity index (χ3n) is 4.52. The first-order valence-electron chi connectivity index (χ1n) is 8.43. The summed E-state index contributed by atoms with van der Waals surface area (Å²) in [5, 5.41) is 6.91. The molecule has 8 heteroatoms. The second-order valence-corrected chi connectivity index (χ2v) is 8.22. The molecule has 1 aliphatic rings. The van der Waals surface area contributed by atoms with Gasteiger partial charge in [-0.25, -0.2) is 8.42 Å². The Morgan fingerprint density at radius 3 is 2.65 bits per heavy atom. The maximum atomic E-state index is 12.9. The zero-order valence-corrected chi connectivity index (χ0v) is 15.4. The number of carbonyl (C=O) groups is 1. The van der Waals surface area contributed by atoms with E-state index in [1.165, 1.54) is 10.4 Å². The van der Waals surface area contributed by atoms with Crippen LogP contribution in [0.3, 0.4) is 0 Å². The second-order valence-electron chi connectivity index (χ2n) is 6.28. The Morgan fingerprint density at radius 2 is 2.04 bits per heavy atom. The molecule has 1 aromatic carbocycles. The Kier molecular flexibility index (Phi) is 5.24. The third kappa shape index (κ3) is 3.71. The predicted molar refractivity (Wildman–Crippen MR) is 98.8 cm³/mol. The van der Waals surface area contributed by atoms with E-state index in [0.717, 1.165) is 17.7 Å². The van der Waals surface area contributed by atoms with Crippen LogP contribution in [0.1, 0.15) is 12.8 Å². The highest BCUT2D eigenvalue weighted by Crippen LogP contribution is 2.24. The highest BCUT2D eigenvalue weighted by molar-refractivity contribution is 7.89. The van der Waals surface area contributed by atoms with Crippen molar-refractivity contribution in [2.45, 2.75) is 23.8 Å². The molecule has 2 heterocycles. The summed E-state index contributed by atoms with van der Waals surface area (Å²) in [6, 6.07) is 8.47. The van der Waals surface area contributed by atoms with Gasteiger partial charge in [0.05, 0.1) is 10.6 Å². The van der Waals surface area contributed by atoms with Crippen LogP contribution in [0.15, 0.2) is 54.1 Å². The summed E-state index contributed by atoms with van der Waals surface area (Å²) < 4.78 is 29.0. The van der Waals surface area contributed by atoms with E-state index in [2.05, 4.69) is 17.0 Å². The first kappa shape index (κ1) is 18.3. The smallest absolute Gasteiger partial charge is 0.243 e. The number of hydrogen-bond acceptors (Lipinski definition) is 4. The highest BCUT2D eigenvalue weighted by atomic mass is 32.2. The van der Waals surface area contributed by atoms with E-state index < -0.39 is 10.0 Å². The van der Waals surface area contributed by atoms with Crippen molar-refractivity contribution in [3.05, 3.63) is 49.2 Å². The van der Waals surface area contributed by atoms with Gasteiger partial charge in [-0.1, -0.05) is 18.7 Å². The molecule has 1 saturated heterocycles. The van der Waals surface area contributed by atoms with Crippen molar-refractivity contribution in [1.29, 1.82) is 0 Å². The number of sulfonamides is 1. The molecule has 1 aliphatic heterocycles. The molecule has 1 N–H and O–H groups in total. The van der Waals surface area contributed by atoms with E-state index in [1.807, 2.05) is 13.1 Å². The lowest BCUT2D eigenvalue weighted by molar-refractivity contribution is -0.117. The molecule has 1 amide bonds. The van der Waals surface area contributed by atoms with Crippen LogP contribution in [-0.4, -0.2) is 47.5 Å². The summed E-state index contributed by atoms with van der Waals surface area (Å²) >= 11 is 0. The minimum atomic E-state index is -3.60. The number of benzene rings is 1. The van der Waals surface area contributed by atoms with Crippen LogP contribution < -0.4 is 5.32 Å². The first-order valence-corrected chi connectivity index (χ1v) is 9.87. The van der Waals surface area contributed by atoms with E-state index in [1.54, 1.807) is 35.1 Å². The average molecular weight is 374 g/mol. The molecule has 0 unspecified atom stereocenters. The van der Waals surface area contributed by atoms with Crippen molar-refractivity contribution in [3.63, 3.8) is 0 Å². The molecule has 0 saturated carbocycles. The maximum Gasteiger partial charge on any atom is 0.243 e. The number of rotatable bonds is 5. The van der Waals surface area contributed by atoms with Gasteiger partial charge in [0.25, 0.3) is 0 Å². The van der Waals surface area contributed by atoms with Crippen molar-refractivity contribution in [2.75, 3.05) is 13.1 Å². The summed E-state index contributed by atoms with van der Waals surface area (Å²) in [7, 11) is -1.76. The molecule has 0 bridgehead atoms. The number of hydrogen-bond donors (Lipinski definition) is 1. The molecule has 2 aromatic rings. The molecular weight excluding hydrogens is 352 g/mol. The molecule has 1 aromatic heterocycles. The van der Waals surface area contributed by atoms with Gasteiger partial charge < -0.3 is 5.32 Å². The lowest BCUT2D eigenvalue weighted by Crippen LogP contribution is -2.49. The molecule has 0 spiro atoms. The minimum Gasteiger partial charge on any atom is -0.349 e. The Labute approximate surface area is 153 Å². The number of nitrogens with one attached hydrogen (secondary N) is 1. The first-order chi connectivity index (χ1) is 12.4. The van der Waals surface area contributed by atoms with Gasteiger partial charge in [0.1, 0.15) is 0 Å². The minimum absolute atomic E-state index is 0.197. The van der Waals surface area contributed by atoms with E-state index in [4.69, 9.17) is 0 Å². The molecule has 26 heavy (non-hydrogen) atoms. The Bertz CT molecular complexity index is 903. The third-order valence-corrected chi connectivity index (χ3v) is 6.40. The number of aromatic nitrogens is 2. The predicted octanol–water partition coefficient (Wildman–Crippen LogP) is 1.54. The largest absolute Gasteiger partial charge is 0.349 e. The topological polar surface area (TPSA) is 84.3 Å². The van der Waals surface area contributed by atoms with Crippen LogP contribution in [0.25, 0.3) is 11.3 Å². The summed E-state index contributed by atoms with van der Waals surface area (Å²) in [5.41, 5.74) is 1.82. The van der Waals surface area contributed by atoms with Gasteiger partial charge in [-0.15, -0.1) is 0 Å². The van der Waals surface area contributed by atoms with Crippen LogP contribution >= 0.6 is 0 Å².